The minimum Gasteiger partial charge on any atom is -0.343 e. The summed E-state index contributed by atoms with van der Waals surface area (Å²) in [5.41, 5.74) is 2.68. The van der Waals surface area contributed by atoms with E-state index in [0.717, 1.165) is 55.9 Å². The summed E-state index contributed by atoms with van der Waals surface area (Å²) in [5, 5.41) is 0. The van der Waals surface area contributed by atoms with Crippen molar-refractivity contribution in [3.8, 4) is 11.4 Å². The van der Waals surface area contributed by atoms with Gasteiger partial charge in [0.1, 0.15) is 5.69 Å². The van der Waals surface area contributed by atoms with Gasteiger partial charge in [-0.2, -0.15) is 0 Å². The molecule has 1 atom stereocenters. The van der Waals surface area contributed by atoms with Crippen LogP contribution in [0.25, 0.3) is 17.2 Å². The first-order valence-corrected chi connectivity index (χ1v) is 9.05. The molecule has 0 bridgehead atoms. The van der Waals surface area contributed by atoms with Gasteiger partial charge in [-0.25, -0.2) is 9.97 Å². The molecule has 4 heterocycles. The number of amides is 1. The number of imidazole rings is 1. The van der Waals surface area contributed by atoms with Crippen molar-refractivity contribution in [2.24, 2.45) is 5.92 Å². The van der Waals surface area contributed by atoms with Crippen LogP contribution in [0.5, 0.6) is 0 Å². The number of rotatable bonds is 3. The van der Waals surface area contributed by atoms with Crippen LogP contribution in [-0.4, -0.2) is 48.2 Å². The fourth-order valence-corrected chi connectivity index (χ4v) is 3.59. The van der Waals surface area contributed by atoms with E-state index in [1.807, 2.05) is 34.0 Å². The van der Waals surface area contributed by atoms with Gasteiger partial charge >= 0.3 is 0 Å². The molecule has 1 unspecified atom stereocenters. The summed E-state index contributed by atoms with van der Waals surface area (Å²) in [6, 6.07) is 1.87. The molecule has 1 aliphatic rings. The Balaban J connectivity index is 1.46. The van der Waals surface area contributed by atoms with Crippen LogP contribution in [0.2, 0.25) is 0 Å². The number of fused-ring (bicyclic) bond motifs is 1. The van der Waals surface area contributed by atoms with Crippen molar-refractivity contribution in [1.82, 2.24) is 29.2 Å². The van der Waals surface area contributed by atoms with Crippen molar-refractivity contribution < 1.29 is 4.79 Å². The first-order valence-electron chi connectivity index (χ1n) is 9.05. The van der Waals surface area contributed by atoms with Gasteiger partial charge in [0.15, 0.2) is 0 Å². The summed E-state index contributed by atoms with van der Waals surface area (Å²) in [6.07, 6.45) is 13.2. The number of hydrogen-bond acceptors (Lipinski definition) is 5. The Morgan fingerprint density at radius 3 is 2.85 bits per heavy atom. The molecule has 0 spiro atoms. The lowest BCUT2D eigenvalue weighted by Gasteiger charge is -2.18. The smallest absolute Gasteiger partial charge is 0.234 e. The highest BCUT2D eigenvalue weighted by molar-refractivity contribution is 5.73. The second-order valence-electron chi connectivity index (χ2n) is 6.83. The SMILES string of the molecule is CC(=O)N1CCCC(Cc2cnc(-c3cnc4ncccn34)cn2)CC1. The van der Waals surface area contributed by atoms with E-state index in [0.29, 0.717) is 11.7 Å². The van der Waals surface area contributed by atoms with E-state index in [-0.39, 0.29) is 5.91 Å². The number of likely N-dealkylation sites (tertiary alicyclic amines) is 1. The van der Waals surface area contributed by atoms with E-state index in [1.54, 1.807) is 19.3 Å². The van der Waals surface area contributed by atoms with Crippen LogP contribution in [0.3, 0.4) is 0 Å². The minimum atomic E-state index is 0.178. The average molecular weight is 350 g/mol. The Morgan fingerprint density at radius 1 is 1.12 bits per heavy atom. The number of hydrogen-bond donors (Lipinski definition) is 0. The summed E-state index contributed by atoms with van der Waals surface area (Å²) < 4.78 is 1.91. The molecule has 0 N–H and O–H groups in total. The fraction of sp³-hybridized carbons (Fsp3) is 0.421. The molecule has 0 aromatic carbocycles. The molecular weight excluding hydrogens is 328 g/mol. The molecule has 134 valence electrons. The maximum absolute atomic E-state index is 11.6. The van der Waals surface area contributed by atoms with Gasteiger partial charge in [-0.1, -0.05) is 0 Å². The molecule has 3 aromatic heterocycles. The van der Waals surface area contributed by atoms with E-state index in [1.165, 1.54) is 0 Å². The van der Waals surface area contributed by atoms with Crippen molar-refractivity contribution in [1.29, 1.82) is 0 Å². The predicted octanol–water partition coefficient (Wildman–Crippen LogP) is 2.38. The zero-order valence-electron chi connectivity index (χ0n) is 14.9. The molecule has 26 heavy (non-hydrogen) atoms. The third kappa shape index (κ3) is 3.42. The summed E-state index contributed by atoms with van der Waals surface area (Å²) in [4.78, 5) is 31.2. The lowest BCUT2D eigenvalue weighted by molar-refractivity contribution is -0.128. The van der Waals surface area contributed by atoms with Gasteiger partial charge in [0.2, 0.25) is 11.7 Å². The Labute approximate surface area is 152 Å². The van der Waals surface area contributed by atoms with E-state index >= 15 is 0 Å². The zero-order chi connectivity index (χ0) is 17.9. The Bertz CT molecular complexity index is 904. The van der Waals surface area contributed by atoms with Gasteiger partial charge in [-0.3, -0.25) is 19.2 Å². The quantitative estimate of drug-likeness (QED) is 0.725. The van der Waals surface area contributed by atoms with Crippen LogP contribution in [0.4, 0.5) is 0 Å². The lowest BCUT2D eigenvalue weighted by atomic mass is 9.95. The maximum atomic E-state index is 11.6. The minimum absolute atomic E-state index is 0.178. The Hall–Kier alpha value is -2.83. The van der Waals surface area contributed by atoms with Crippen molar-refractivity contribution in [3.63, 3.8) is 0 Å². The number of carbonyl (C=O) groups is 1. The molecule has 0 aliphatic carbocycles. The molecule has 7 nitrogen and oxygen atoms in total. The molecule has 1 fully saturated rings. The van der Waals surface area contributed by atoms with Crippen LogP contribution in [0.15, 0.2) is 37.1 Å². The van der Waals surface area contributed by atoms with Crippen LogP contribution < -0.4 is 0 Å². The van der Waals surface area contributed by atoms with Crippen molar-refractivity contribution >= 4 is 11.7 Å². The van der Waals surface area contributed by atoms with Crippen molar-refractivity contribution in [2.45, 2.75) is 32.6 Å². The van der Waals surface area contributed by atoms with Gasteiger partial charge < -0.3 is 4.90 Å². The Kier molecular flexibility index (Phi) is 4.60. The average Bonchev–Trinajstić information content (AvgIpc) is 2.94. The lowest BCUT2D eigenvalue weighted by Crippen LogP contribution is -2.29. The van der Waals surface area contributed by atoms with Crippen LogP contribution in [0, 0.1) is 5.92 Å². The van der Waals surface area contributed by atoms with Crippen LogP contribution in [-0.2, 0) is 11.2 Å². The highest BCUT2D eigenvalue weighted by Crippen LogP contribution is 2.22. The second-order valence-corrected chi connectivity index (χ2v) is 6.83. The molecule has 1 saturated heterocycles. The van der Waals surface area contributed by atoms with E-state index in [9.17, 15) is 4.79 Å². The fourth-order valence-electron chi connectivity index (χ4n) is 3.59. The molecule has 4 rings (SSSR count). The summed E-state index contributed by atoms with van der Waals surface area (Å²) in [5.74, 6) is 1.39. The summed E-state index contributed by atoms with van der Waals surface area (Å²) in [7, 11) is 0. The normalized spacial score (nSPS) is 18.0. The van der Waals surface area contributed by atoms with Gasteiger partial charge in [0.25, 0.3) is 0 Å². The first kappa shape index (κ1) is 16.6. The second kappa shape index (κ2) is 7.19. The third-order valence-corrected chi connectivity index (χ3v) is 5.05. The number of aromatic nitrogens is 5. The molecule has 1 amide bonds. The van der Waals surface area contributed by atoms with E-state index < -0.39 is 0 Å². The first-order chi connectivity index (χ1) is 12.7. The molecule has 1 aliphatic heterocycles. The van der Waals surface area contributed by atoms with Crippen molar-refractivity contribution in [2.75, 3.05) is 13.1 Å². The molecular formula is C19H22N6O. The van der Waals surface area contributed by atoms with E-state index in [2.05, 4.69) is 19.9 Å². The molecule has 0 radical (unpaired) electrons. The molecule has 3 aromatic rings. The van der Waals surface area contributed by atoms with Gasteiger partial charge in [-0.15, -0.1) is 0 Å². The molecule has 7 heteroatoms. The number of carbonyl (C=O) groups excluding carboxylic acids is 1. The largest absolute Gasteiger partial charge is 0.343 e. The number of nitrogens with zero attached hydrogens (tertiary/aromatic N) is 6. The Morgan fingerprint density at radius 2 is 2.04 bits per heavy atom. The summed E-state index contributed by atoms with van der Waals surface area (Å²) >= 11 is 0. The van der Waals surface area contributed by atoms with E-state index in [4.69, 9.17) is 0 Å². The highest BCUT2D eigenvalue weighted by Gasteiger charge is 2.19. The van der Waals surface area contributed by atoms with Gasteiger partial charge in [-0.05, 0) is 37.7 Å². The van der Waals surface area contributed by atoms with Gasteiger partial charge in [0.05, 0.1) is 23.8 Å². The van der Waals surface area contributed by atoms with Crippen molar-refractivity contribution in [3.05, 3.63) is 42.7 Å². The zero-order valence-corrected chi connectivity index (χ0v) is 14.9. The monoisotopic (exact) mass is 350 g/mol. The molecule has 0 saturated carbocycles. The predicted molar refractivity (Wildman–Crippen MR) is 97.3 cm³/mol. The van der Waals surface area contributed by atoms with Crippen LogP contribution in [0.1, 0.15) is 31.9 Å². The highest BCUT2D eigenvalue weighted by atomic mass is 16.2. The summed E-state index contributed by atoms with van der Waals surface area (Å²) in [6.45, 7) is 3.37. The topological polar surface area (TPSA) is 76.3 Å². The van der Waals surface area contributed by atoms with Gasteiger partial charge in [0, 0.05) is 38.6 Å². The third-order valence-electron chi connectivity index (χ3n) is 5.05. The van der Waals surface area contributed by atoms with Crippen LogP contribution >= 0.6 is 0 Å². The standard InChI is InChI=1S/C19H22N6O/c1-14(26)24-7-2-4-15(5-9-24)10-16-11-22-17(12-21-16)18-13-23-19-20-6-3-8-25(18)19/h3,6,8,11-13,15H,2,4-5,7,9-10H2,1H3. The maximum Gasteiger partial charge on any atom is 0.234 e.